The number of fused-ring (bicyclic) bond motifs is 1. The lowest BCUT2D eigenvalue weighted by atomic mass is 10.2. The SMILES string of the molecule is CCCCCOc1ccc(NC(=O)COc2ccc(C)cc2-n2nc3ccccc3n2)cc1. The number of unbranched alkanes of at least 4 members (excludes halogenated alkanes) is 2. The van der Waals surface area contributed by atoms with E-state index in [1.807, 2.05) is 73.7 Å². The van der Waals surface area contributed by atoms with Gasteiger partial charge in [-0.15, -0.1) is 15.0 Å². The third kappa shape index (κ3) is 5.88. The third-order valence-corrected chi connectivity index (χ3v) is 5.13. The minimum atomic E-state index is -0.253. The first-order chi connectivity index (χ1) is 16.1. The summed E-state index contributed by atoms with van der Waals surface area (Å²) < 4.78 is 11.5. The molecule has 1 heterocycles. The lowest BCUT2D eigenvalue weighted by Crippen LogP contribution is -2.20. The number of carbonyl (C=O) groups excluding carboxylic acids is 1. The Morgan fingerprint density at radius 1 is 0.939 bits per heavy atom. The summed E-state index contributed by atoms with van der Waals surface area (Å²) in [6.45, 7) is 4.72. The highest BCUT2D eigenvalue weighted by Crippen LogP contribution is 2.24. The Hall–Kier alpha value is -3.87. The molecule has 0 unspecified atom stereocenters. The largest absolute Gasteiger partial charge is 0.494 e. The van der Waals surface area contributed by atoms with Crippen LogP contribution in [0.1, 0.15) is 31.7 Å². The van der Waals surface area contributed by atoms with Crippen LogP contribution in [0.25, 0.3) is 16.7 Å². The smallest absolute Gasteiger partial charge is 0.262 e. The highest BCUT2D eigenvalue weighted by atomic mass is 16.5. The van der Waals surface area contributed by atoms with Gasteiger partial charge in [0.15, 0.2) is 6.61 Å². The molecule has 33 heavy (non-hydrogen) atoms. The van der Waals surface area contributed by atoms with Crippen molar-refractivity contribution in [1.82, 2.24) is 15.0 Å². The Kier molecular flexibility index (Phi) is 7.19. The van der Waals surface area contributed by atoms with E-state index in [0.717, 1.165) is 41.6 Å². The summed E-state index contributed by atoms with van der Waals surface area (Å²) >= 11 is 0. The summed E-state index contributed by atoms with van der Waals surface area (Å²) in [5.74, 6) is 1.08. The fourth-order valence-electron chi connectivity index (χ4n) is 3.39. The van der Waals surface area contributed by atoms with Gasteiger partial charge in [-0.1, -0.05) is 38.0 Å². The summed E-state index contributed by atoms with van der Waals surface area (Å²) in [4.78, 5) is 14.0. The molecule has 0 aliphatic rings. The van der Waals surface area contributed by atoms with E-state index in [9.17, 15) is 4.79 Å². The number of anilines is 1. The van der Waals surface area contributed by atoms with E-state index in [0.29, 0.717) is 23.7 Å². The number of rotatable bonds is 10. The molecule has 7 nitrogen and oxygen atoms in total. The van der Waals surface area contributed by atoms with E-state index in [4.69, 9.17) is 9.47 Å². The number of nitrogens with zero attached hydrogens (tertiary/aromatic N) is 3. The molecule has 0 atom stereocenters. The van der Waals surface area contributed by atoms with Gasteiger partial charge < -0.3 is 14.8 Å². The predicted octanol–water partition coefficient (Wildman–Crippen LogP) is 5.32. The molecule has 1 amide bonds. The number of nitrogens with one attached hydrogen (secondary N) is 1. The number of ether oxygens (including phenoxy) is 2. The van der Waals surface area contributed by atoms with Crippen molar-refractivity contribution in [3.05, 3.63) is 72.3 Å². The van der Waals surface area contributed by atoms with Gasteiger partial charge in [-0.05, 0) is 67.4 Å². The summed E-state index contributed by atoms with van der Waals surface area (Å²) in [6, 6.07) is 20.7. The Morgan fingerprint density at radius 3 is 2.36 bits per heavy atom. The predicted molar refractivity (Wildman–Crippen MR) is 129 cm³/mol. The Balaban J connectivity index is 1.37. The van der Waals surface area contributed by atoms with E-state index >= 15 is 0 Å². The molecule has 0 aliphatic carbocycles. The van der Waals surface area contributed by atoms with Gasteiger partial charge in [-0.25, -0.2) is 0 Å². The molecule has 0 saturated carbocycles. The summed E-state index contributed by atoms with van der Waals surface area (Å²) in [5, 5.41) is 11.9. The van der Waals surface area contributed by atoms with Crippen LogP contribution in [0.4, 0.5) is 5.69 Å². The van der Waals surface area contributed by atoms with Gasteiger partial charge in [0.2, 0.25) is 0 Å². The maximum atomic E-state index is 12.5. The van der Waals surface area contributed by atoms with Crippen LogP contribution in [0.5, 0.6) is 11.5 Å². The van der Waals surface area contributed by atoms with Crippen LogP contribution >= 0.6 is 0 Å². The average Bonchev–Trinajstić information content (AvgIpc) is 3.26. The van der Waals surface area contributed by atoms with Crippen LogP contribution in [-0.2, 0) is 4.79 Å². The molecule has 1 aromatic heterocycles. The van der Waals surface area contributed by atoms with E-state index in [2.05, 4.69) is 22.4 Å². The fourth-order valence-corrected chi connectivity index (χ4v) is 3.39. The molecule has 4 rings (SSSR count). The van der Waals surface area contributed by atoms with E-state index < -0.39 is 0 Å². The van der Waals surface area contributed by atoms with E-state index in [-0.39, 0.29) is 12.5 Å². The second-order valence-electron chi connectivity index (χ2n) is 7.87. The monoisotopic (exact) mass is 444 g/mol. The van der Waals surface area contributed by atoms with Crippen molar-refractivity contribution < 1.29 is 14.3 Å². The molecular weight excluding hydrogens is 416 g/mol. The van der Waals surface area contributed by atoms with Crippen molar-refractivity contribution in [3.63, 3.8) is 0 Å². The molecule has 0 aliphatic heterocycles. The quantitative estimate of drug-likeness (QED) is 0.335. The van der Waals surface area contributed by atoms with Crippen LogP contribution in [0.15, 0.2) is 66.7 Å². The Morgan fingerprint density at radius 2 is 1.67 bits per heavy atom. The highest BCUT2D eigenvalue weighted by molar-refractivity contribution is 5.92. The van der Waals surface area contributed by atoms with E-state index in [1.165, 1.54) is 0 Å². The zero-order valence-electron chi connectivity index (χ0n) is 19.0. The summed E-state index contributed by atoms with van der Waals surface area (Å²) in [5.41, 5.74) is 4.00. The number of aryl methyl sites for hydroxylation is 1. The van der Waals surface area contributed by atoms with E-state index in [1.54, 1.807) is 4.80 Å². The number of aromatic nitrogens is 3. The summed E-state index contributed by atoms with van der Waals surface area (Å²) in [6.07, 6.45) is 3.36. The van der Waals surface area contributed by atoms with Crippen molar-refractivity contribution >= 4 is 22.6 Å². The number of hydrogen-bond donors (Lipinski definition) is 1. The molecule has 0 spiro atoms. The summed E-state index contributed by atoms with van der Waals surface area (Å²) in [7, 11) is 0. The lowest BCUT2D eigenvalue weighted by Gasteiger charge is -2.12. The van der Waals surface area contributed by atoms with Gasteiger partial charge in [0.25, 0.3) is 5.91 Å². The van der Waals surface area contributed by atoms with Gasteiger partial charge in [0.1, 0.15) is 28.2 Å². The number of amides is 1. The maximum absolute atomic E-state index is 12.5. The standard InChI is InChI=1S/C26H28N4O3/c1-3-4-7-16-32-21-13-11-20(12-14-21)27-26(31)18-33-25-15-10-19(2)17-24(25)30-28-22-8-5-6-9-23(22)29-30/h5-6,8-15,17H,3-4,7,16,18H2,1-2H3,(H,27,31). The fraction of sp³-hybridized carbons (Fsp3) is 0.269. The maximum Gasteiger partial charge on any atom is 0.262 e. The van der Waals surface area contributed by atoms with Crippen LogP contribution in [-0.4, -0.2) is 34.1 Å². The molecule has 1 N–H and O–H groups in total. The number of carbonyl (C=O) groups is 1. The van der Waals surface area contributed by atoms with Gasteiger partial charge in [0, 0.05) is 5.69 Å². The molecule has 0 radical (unpaired) electrons. The van der Waals surface area contributed by atoms with Crippen molar-refractivity contribution in [2.24, 2.45) is 0 Å². The zero-order valence-corrected chi connectivity index (χ0v) is 19.0. The minimum absolute atomic E-state index is 0.133. The van der Waals surface area contributed by atoms with Crippen molar-refractivity contribution in [1.29, 1.82) is 0 Å². The number of hydrogen-bond acceptors (Lipinski definition) is 5. The molecule has 3 aromatic carbocycles. The zero-order chi connectivity index (χ0) is 23.0. The molecular formula is C26H28N4O3. The third-order valence-electron chi connectivity index (χ3n) is 5.13. The van der Waals surface area contributed by atoms with Crippen LogP contribution in [0, 0.1) is 6.92 Å². The first-order valence-corrected chi connectivity index (χ1v) is 11.2. The minimum Gasteiger partial charge on any atom is -0.494 e. The van der Waals surface area contributed by atoms with Crippen molar-refractivity contribution in [2.75, 3.05) is 18.5 Å². The first kappa shape index (κ1) is 22.3. The lowest BCUT2D eigenvalue weighted by molar-refractivity contribution is -0.118. The molecule has 170 valence electrons. The van der Waals surface area contributed by atoms with Crippen LogP contribution in [0.3, 0.4) is 0 Å². The van der Waals surface area contributed by atoms with Crippen LogP contribution < -0.4 is 14.8 Å². The number of benzene rings is 3. The Bertz CT molecular complexity index is 1180. The topological polar surface area (TPSA) is 78.3 Å². The second-order valence-corrected chi connectivity index (χ2v) is 7.87. The molecule has 0 bridgehead atoms. The Labute approximate surface area is 193 Å². The first-order valence-electron chi connectivity index (χ1n) is 11.2. The average molecular weight is 445 g/mol. The molecule has 0 fully saturated rings. The molecule has 4 aromatic rings. The normalized spacial score (nSPS) is 10.8. The van der Waals surface area contributed by atoms with Gasteiger partial charge in [0.05, 0.1) is 6.61 Å². The van der Waals surface area contributed by atoms with Crippen molar-refractivity contribution in [3.8, 4) is 17.2 Å². The highest BCUT2D eigenvalue weighted by Gasteiger charge is 2.12. The molecule has 0 saturated heterocycles. The van der Waals surface area contributed by atoms with Gasteiger partial charge >= 0.3 is 0 Å². The van der Waals surface area contributed by atoms with Crippen molar-refractivity contribution in [2.45, 2.75) is 33.1 Å². The van der Waals surface area contributed by atoms with Crippen LogP contribution in [0.2, 0.25) is 0 Å². The molecule has 7 heteroatoms. The second kappa shape index (κ2) is 10.6. The van der Waals surface area contributed by atoms with Gasteiger partial charge in [-0.2, -0.15) is 0 Å². The van der Waals surface area contributed by atoms with Gasteiger partial charge in [-0.3, -0.25) is 4.79 Å².